The number of phenolic OH excluding ortho intramolecular Hbond substituents is 1. The van der Waals surface area contributed by atoms with Crippen LogP contribution in [-0.4, -0.2) is 41.5 Å². The van der Waals surface area contributed by atoms with Crippen molar-refractivity contribution in [1.29, 1.82) is 0 Å². The molecule has 2 rings (SSSR count). The number of sulfonamides is 1. The van der Waals surface area contributed by atoms with Crippen LogP contribution in [0.2, 0.25) is 10.0 Å². The molecule has 21 heavy (non-hydrogen) atoms. The molecule has 1 aliphatic rings. The number of piperidine rings is 1. The molecule has 0 bridgehead atoms. The summed E-state index contributed by atoms with van der Waals surface area (Å²) in [4.78, 5) is 10.8. The van der Waals surface area contributed by atoms with Gasteiger partial charge >= 0.3 is 5.97 Å². The van der Waals surface area contributed by atoms with Crippen LogP contribution in [0.5, 0.6) is 5.75 Å². The molecule has 0 radical (unpaired) electrons. The number of benzene rings is 1. The molecule has 0 amide bonds. The Kier molecular flexibility index (Phi) is 4.67. The lowest BCUT2D eigenvalue weighted by molar-refractivity contribution is -0.142. The van der Waals surface area contributed by atoms with E-state index in [1.165, 1.54) is 6.07 Å². The van der Waals surface area contributed by atoms with E-state index < -0.39 is 32.7 Å². The van der Waals surface area contributed by atoms with Crippen LogP contribution in [0.1, 0.15) is 19.3 Å². The summed E-state index contributed by atoms with van der Waals surface area (Å²) in [6.45, 7) is 0.0723. The van der Waals surface area contributed by atoms with Crippen LogP contribution < -0.4 is 0 Å². The highest BCUT2D eigenvalue weighted by molar-refractivity contribution is 7.89. The van der Waals surface area contributed by atoms with E-state index >= 15 is 0 Å². The maximum Gasteiger partial charge on any atom is 0.322 e. The highest BCUT2D eigenvalue weighted by atomic mass is 35.5. The van der Waals surface area contributed by atoms with Gasteiger partial charge in [0.25, 0.3) is 0 Å². The topological polar surface area (TPSA) is 94.9 Å². The van der Waals surface area contributed by atoms with Crippen molar-refractivity contribution in [3.05, 3.63) is 22.2 Å². The molecule has 1 saturated heterocycles. The molecule has 0 spiro atoms. The zero-order chi connectivity index (χ0) is 15.8. The SMILES string of the molecule is O=C(O)[C@@H]1CCCCN1S(=O)(=O)c1cc(Cl)cc(Cl)c1O. The summed E-state index contributed by atoms with van der Waals surface area (Å²) in [6.07, 6.45) is 1.41. The van der Waals surface area contributed by atoms with Crippen LogP contribution in [0.25, 0.3) is 0 Å². The fourth-order valence-corrected chi connectivity index (χ4v) is 4.70. The molecule has 9 heteroatoms. The zero-order valence-electron chi connectivity index (χ0n) is 10.8. The van der Waals surface area contributed by atoms with Crippen LogP contribution in [0, 0.1) is 0 Å². The van der Waals surface area contributed by atoms with Gasteiger partial charge in [0.2, 0.25) is 10.0 Å². The van der Waals surface area contributed by atoms with Gasteiger partial charge in [-0.3, -0.25) is 4.79 Å². The molecular weight excluding hydrogens is 341 g/mol. The first-order valence-electron chi connectivity index (χ1n) is 6.18. The van der Waals surface area contributed by atoms with Crippen molar-refractivity contribution in [2.24, 2.45) is 0 Å². The van der Waals surface area contributed by atoms with Crippen molar-refractivity contribution in [3.63, 3.8) is 0 Å². The number of aromatic hydroxyl groups is 1. The number of phenols is 1. The van der Waals surface area contributed by atoms with Gasteiger partial charge in [0.15, 0.2) is 5.75 Å². The number of nitrogens with zero attached hydrogens (tertiary/aromatic N) is 1. The Bertz CT molecular complexity index is 676. The largest absolute Gasteiger partial charge is 0.505 e. The van der Waals surface area contributed by atoms with Gasteiger partial charge in [0.1, 0.15) is 10.9 Å². The highest BCUT2D eigenvalue weighted by Gasteiger charge is 2.39. The van der Waals surface area contributed by atoms with E-state index in [0.717, 1.165) is 10.4 Å². The van der Waals surface area contributed by atoms with Crippen LogP contribution in [0.15, 0.2) is 17.0 Å². The highest BCUT2D eigenvalue weighted by Crippen LogP contribution is 2.37. The molecule has 1 fully saturated rings. The first kappa shape index (κ1) is 16.4. The normalized spacial score (nSPS) is 20.4. The molecule has 1 heterocycles. The van der Waals surface area contributed by atoms with E-state index in [9.17, 15) is 23.4 Å². The third kappa shape index (κ3) is 3.11. The Hall–Kier alpha value is -1.02. The van der Waals surface area contributed by atoms with Gasteiger partial charge in [-0.15, -0.1) is 0 Å². The first-order valence-corrected chi connectivity index (χ1v) is 8.37. The van der Waals surface area contributed by atoms with Gasteiger partial charge in [0.05, 0.1) is 5.02 Å². The molecule has 1 aliphatic heterocycles. The second kappa shape index (κ2) is 6.00. The number of halogens is 2. The summed E-state index contributed by atoms with van der Waals surface area (Å²) in [5, 5.41) is 18.9. The van der Waals surface area contributed by atoms with Crippen molar-refractivity contribution in [1.82, 2.24) is 4.31 Å². The summed E-state index contributed by atoms with van der Waals surface area (Å²) < 4.78 is 26.1. The molecular formula is C12H13Cl2NO5S. The zero-order valence-corrected chi connectivity index (χ0v) is 13.1. The smallest absolute Gasteiger partial charge is 0.322 e. The number of carboxylic acids is 1. The van der Waals surface area contributed by atoms with Gasteiger partial charge in [-0.05, 0) is 31.4 Å². The average Bonchev–Trinajstić information content (AvgIpc) is 2.42. The van der Waals surface area contributed by atoms with E-state index in [2.05, 4.69) is 0 Å². The van der Waals surface area contributed by atoms with Crippen LogP contribution in [0.4, 0.5) is 0 Å². The monoisotopic (exact) mass is 353 g/mol. The maximum absolute atomic E-state index is 12.6. The minimum absolute atomic E-state index is 0.0419. The van der Waals surface area contributed by atoms with Crippen LogP contribution >= 0.6 is 23.2 Å². The molecule has 6 nitrogen and oxygen atoms in total. The molecule has 0 aromatic heterocycles. The second-order valence-corrected chi connectivity index (χ2v) is 7.40. The minimum Gasteiger partial charge on any atom is -0.505 e. The van der Waals surface area contributed by atoms with E-state index in [-0.39, 0.29) is 23.0 Å². The Morgan fingerprint density at radius 1 is 1.29 bits per heavy atom. The molecule has 1 aromatic rings. The summed E-state index contributed by atoms with van der Waals surface area (Å²) in [5.41, 5.74) is 0. The van der Waals surface area contributed by atoms with E-state index in [4.69, 9.17) is 23.2 Å². The lowest BCUT2D eigenvalue weighted by Gasteiger charge is -2.32. The molecule has 0 unspecified atom stereocenters. The number of hydrogen-bond donors (Lipinski definition) is 2. The van der Waals surface area contributed by atoms with Crippen molar-refractivity contribution >= 4 is 39.2 Å². The molecule has 0 aliphatic carbocycles. The fraction of sp³-hybridized carbons (Fsp3) is 0.417. The molecule has 1 atom stereocenters. The van der Waals surface area contributed by atoms with Crippen LogP contribution in [-0.2, 0) is 14.8 Å². The predicted octanol–water partition coefficient (Wildman–Crippen LogP) is 2.33. The molecule has 2 N–H and O–H groups in total. The minimum atomic E-state index is -4.20. The summed E-state index contributed by atoms with van der Waals surface area (Å²) in [6, 6.07) is 1.12. The Morgan fingerprint density at radius 2 is 1.95 bits per heavy atom. The first-order chi connectivity index (χ1) is 9.75. The Morgan fingerprint density at radius 3 is 2.57 bits per heavy atom. The predicted molar refractivity (Wildman–Crippen MR) is 77.3 cm³/mol. The summed E-state index contributed by atoms with van der Waals surface area (Å²) in [7, 11) is -4.20. The number of rotatable bonds is 3. The average molecular weight is 354 g/mol. The molecule has 1 aromatic carbocycles. The summed E-state index contributed by atoms with van der Waals surface area (Å²) in [5.74, 6) is -1.85. The van der Waals surface area contributed by atoms with E-state index in [0.29, 0.717) is 12.8 Å². The third-order valence-corrected chi connectivity index (χ3v) is 5.75. The van der Waals surface area contributed by atoms with Gasteiger partial charge in [-0.2, -0.15) is 4.31 Å². The van der Waals surface area contributed by atoms with Crippen molar-refractivity contribution < 1.29 is 23.4 Å². The lowest BCUT2D eigenvalue weighted by Crippen LogP contribution is -2.47. The lowest BCUT2D eigenvalue weighted by atomic mass is 10.1. The molecule has 116 valence electrons. The van der Waals surface area contributed by atoms with Gasteiger partial charge in [-0.1, -0.05) is 23.2 Å². The summed E-state index contributed by atoms with van der Waals surface area (Å²) >= 11 is 11.5. The van der Waals surface area contributed by atoms with Crippen LogP contribution in [0.3, 0.4) is 0 Å². The third-order valence-electron chi connectivity index (χ3n) is 3.32. The molecule has 0 saturated carbocycles. The van der Waals surface area contributed by atoms with Gasteiger partial charge in [-0.25, -0.2) is 8.42 Å². The number of carboxylic acid groups (broad SMARTS) is 1. The van der Waals surface area contributed by atoms with Crippen molar-refractivity contribution in [2.45, 2.75) is 30.2 Å². The van der Waals surface area contributed by atoms with Gasteiger partial charge in [0, 0.05) is 11.6 Å². The quantitative estimate of drug-likeness (QED) is 0.869. The van der Waals surface area contributed by atoms with Gasteiger partial charge < -0.3 is 10.2 Å². The van der Waals surface area contributed by atoms with Crippen molar-refractivity contribution in [3.8, 4) is 5.75 Å². The fourth-order valence-electron chi connectivity index (χ4n) is 2.30. The Balaban J connectivity index is 2.53. The maximum atomic E-state index is 12.6. The Labute approximate surface area is 131 Å². The van der Waals surface area contributed by atoms with Crippen molar-refractivity contribution in [2.75, 3.05) is 6.54 Å². The van der Waals surface area contributed by atoms with E-state index in [1.54, 1.807) is 0 Å². The number of hydrogen-bond acceptors (Lipinski definition) is 4. The standard InChI is InChI=1S/C12H13Cl2NO5S/c13-7-5-8(14)11(16)10(6-7)21(19,20)15-4-2-1-3-9(15)12(17)18/h5-6,9,16H,1-4H2,(H,17,18)/t9-/m0/s1. The number of carbonyl (C=O) groups is 1. The second-order valence-electron chi connectivity index (χ2n) is 4.70. The number of aliphatic carboxylic acids is 1. The van der Waals surface area contributed by atoms with E-state index in [1.807, 2.05) is 0 Å².